The van der Waals surface area contributed by atoms with Crippen LogP contribution in [0, 0.1) is 0 Å². The summed E-state index contributed by atoms with van der Waals surface area (Å²) >= 11 is 0. The third kappa shape index (κ3) is 5.07. The first-order chi connectivity index (χ1) is 8.80. The number of carbonyl (C=O) groups excluding carboxylic acids is 1. The van der Waals surface area contributed by atoms with Crippen molar-refractivity contribution in [3.63, 3.8) is 0 Å². The highest BCUT2D eigenvalue weighted by Gasteiger charge is 2.33. The number of primary amides is 1. The van der Waals surface area contributed by atoms with Crippen LogP contribution in [0.2, 0.25) is 0 Å². The minimum Gasteiger partial charge on any atom is -0.398 e. The Hall–Kier alpha value is -1.92. The van der Waals surface area contributed by atoms with E-state index in [4.69, 9.17) is 11.5 Å². The van der Waals surface area contributed by atoms with Gasteiger partial charge in [-0.15, -0.1) is 0 Å². The lowest BCUT2D eigenvalue weighted by atomic mass is 10.1. The van der Waals surface area contributed by atoms with Gasteiger partial charge in [0.05, 0.1) is 5.56 Å². The second kappa shape index (κ2) is 6.31. The molecular weight excluding hydrogens is 259 g/mol. The van der Waals surface area contributed by atoms with Crippen LogP contribution < -0.4 is 16.8 Å². The second-order valence-corrected chi connectivity index (χ2v) is 4.15. The van der Waals surface area contributed by atoms with E-state index in [0.29, 0.717) is 25.1 Å². The second-order valence-electron chi connectivity index (χ2n) is 4.15. The maximum Gasteiger partial charge on any atom is 0.418 e. The van der Waals surface area contributed by atoms with Gasteiger partial charge in [-0.25, -0.2) is 0 Å². The van der Waals surface area contributed by atoms with Crippen molar-refractivity contribution in [3.05, 3.63) is 23.8 Å². The number of nitrogens with one attached hydrogen (secondary N) is 1. The molecule has 0 radical (unpaired) electrons. The van der Waals surface area contributed by atoms with E-state index in [0.717, 1.165) is 6.07 Å². The monoisotopic (exact) mass is 275 g/mol. The topological polar surface area (TPSA) is 81.1 Å². The molecule has 106 valence electrons. The van der Waals surface area contributed by atoms with Gasteiger partial charge in [-0.05, 0) is 31.0 Å². The number of rotatable bonds is 6. The van der Waals surface area contributed by atoms with Crippen LogP contribution in [-0.2, 0) is 11.0 Å². The number of nitrogens with two attached hydrogens (primary N) is 2. The number of unbranched alkanes of at least 4 members (excludes halogenated alkanes) is 1. The predicted molar refractivity (Wildman–Crippen MR) is 67.4 cm³/mol. The summed E-state index contributed by atoms with van der Waals surface area (Å²) in [5, 5.41) is 2.85. The Morgan fingerprint density at radius 2 is 1.95 bits per heavy atom. The van der Waals surface area contributed by atoms with Gasteiger partial charge in [0.15, 0.2) is 0 Å². The zero-order valence-corrected chi connectivity index (χ0v) is 10.3. The molecule has 0 saturated heterocycles. The van der Waals surface area contributed by atoms with Crippen molar-refractivity contribution in [2.24, 2.45) is 5.73 Å². The molecule has 19 heavy (non-hydrogen) atoms. The number of alkyl halides is 3. The van der Waals surface area contributed by atoms with Gasteiger partial charge < -0.3 is 16.8 Å². The van der Waals surface area contributed by atoms with E-state index >= 15 is 0 Å². The van der Waals surface area contributed by atoms with E-state index in [-0.39, 0.29) is 18.0 Å². The van der Waals surface area contributed by atoms with Crippen molar-refractivity contribution in [1.82, 2.24) is 0 Å². The quantitative estimate of drug-likeness (QED) is 0.550. The van der Waals surface area contributed by atoms with Gasteiger partial charge in [0.1, 0.15) is 0 Å². The number of amides is 1. The summed E-state index contributed by atoms with van der Waals surface area (Å²) in [6.45, 7) is 0.467. The lowest BCUT2D eigenvalue weighted by Crippen LogP contribution is -2.12. The van der Waals surface area contributed by atoms with Gasteiger partial charge in [0, 0.05) is 24.3 Å². The molecule has 1 amide bonds. The van der Waals surface area contributed by atoms with Crippen molar-refractivity contribution in [1.29, 1.82) is 0 Å². The number of carbonyl (C=O) groups is 1. The smallest absolute Gasteiger partial charge is 0.398 e. The Labute approximate surface area is 109 Å². The third-order valence-electron chi connectivity index (χ3n) is 2.54. The summed E-state index contributed by atoms with van der Waals surface area (Å²) in [5.41, 5.74) is 9.45. The van der Waals surface area contributed by atoms with E-state index < -0.39 is 11.7 Å². The van der Waals surface area contributed by atoms with Gasteiger partial charge in [-0.1, -0.05) is 0 Å². The summed E-state index contributed by atoms with van der Waals surface area (Å²) in [6, 6.07) is 3.68. The lowest BCUT2D eigenvalue weighted by molar-refractivity contribution is -0.136. The first-order valence-corrected chi connectivity index (χ1v) is 5.79. The minimum atomic E-state index is -4.46. The Bertz CT molecular complexity index is 446. The fourth-order valence-corrected chi connectivity index (χ4v) is 1.57. The molecule has 0 aliphatic rings. The molecule has 0 aromatic heterocycles. The molecule has 0 unspecified atom stereocenters. The van der Waals surface area contributed by atoms with Gasteiger partial charge >= 0.3 is 6.18 Å². The number of benzene rings is 1. The molecule has 0 aliphatic heterocycles. The minimum absolute atomic E-state index is 0.275. The van der Waals surface area contributed by atoms with Crippen LogP contribution in [0.15, 0.2) is 18.2 Å². The average molecular weight is 275 g/mol. The Morgan fingerprint density at radius 3 is 2.53 bits per heavy atom. The van der Waals surface area contributed by atoms with Gasteiger partial charge in [0.25, 0.3) is 0 Å². The van der Waals surface area contributed by atoms with Gasteiger partial charge in [0.2, 0.25) is 5.91 Å². The van der Waals surface area contributed by atoms with Crippen LogP contribution in [0.3, 0.4) is 0 Å². The molecule has 0 atom stereocenters. The van der Waals surface area contributed by atoms with Gasteiger partial charge in [-0.3, -0.25) is 4.79 Å². The number of hydrogen-bond donors (Lipinski definition) is 3. The Balaban J connectivity index is 2.53. The Morgan fingerprint density at radius 1 is 1.26 bits per heavy atom. The summed E-state index contributed by atoms with van der Waals surface area (Å²) in [7, 11) is 0. The third-order valence-corrected chi connectivity index (χ3v) is 2.54. The molecule has 0 heterocycles. The molecule has 1 aromatic rings. The molecule has 1 rings (SSSR count). The molecule has 0 spiro atoms. The van der Waals surface area contributed by atoms with Crippen LogP contribution in [0.4, 0.5) is 24.5 Å². The summed E-state index contributed by atoms with van der Waals surface area (Å²) in [5.74, 6) is -0.383. The number of anilines is 2. The van der Waals surface area contributed by atoms with Crippen LogP contribution in [0.25, 0.3) is 0 Å². The molecule has 1 aromatic carbocycles. The fraction of sp³-hybridized carbons (Fsp3) is 0.417. The normalized spacial score (nSPS) is 11.3. The van der Waals surface area contributed by atoms with E-state index in [9.17, 15) is 18.0 Å². The molecule has 0 aliphatic carbocycles. The van der Waals surface area contributed by atoms with Gasteiger partial charge in [-0.2, -0.15) is 13.2 Å². The molecule has 4 nitrogen and oxygen atoms in total. The highest BCUT2D eigenvalue weighted by molar-refractivity contribution is 5.73. The van der Waals surface area contributed by atoms with Crippen LogP contribution >= 0.6 is 0 Å². The van der Waals surface area contributed by atoms with Crippen molar-refractivity contribution in [3.8, 4) is 0 Å². The standard InChI is InChI=1S/C12H16F3N3O/c13-12(14,15)9-7-8(4-5-10(9)16)18-6-2-1-3-11(17)19/h4-5,7,18H,1-3,6,16H2,(H2,17,19). The molecule has 0 saturated carbocycles. The van der Waals surface area contributed by atoms with Crippen molar-refractivity contribution >= 4 is 17.3 Å². The number of halogens is 3. The maximum atomic E-state index is 12.6. The lowest BCUT2D eigenvalue weighted by Gasteiger charge is -2.13. The maximum absolute atomic E-state index is 12.6. The van der Waals surface area contributed by atoms with Crippen molar-refractivity contribution < 1.29 is 18.0 Å². The fourth-order valence-electron chi connectivity index (χ4n) is 1.57. The Kier molecular flexibility index (Phi) is 5.02. The number of hydrogen-bond acceptors (Lipinski definition) is 3. The zero-order valence-electron chi connectivity index (χ0n) is 10.3. The van der Waals surface area contributed by atoms with E-state index in [1.807, 2.05) is 0 Å². The van der Waals surface area contributed by atoms with E-state index in [1.165, 1.54) is 12.1 Å². The number of nitrogen functional groups attached to an aromatic ring is 1. The van der Waals surface area contributed by atoms with Crippen LogP contribution in [0.5, 0.6) is 0 Å². The van der Waals surface area contributed by atoms with Crippen molar-refractivity contribution in [2.45, 2.75) is 25.4 Å². The highest BCUT2D eigenvalue weighted by atomic mass is 19.4. The van der Waals surface area contributed by atoms with Crippen LogP contribution in [0.1, 0.15) is 24.8 Å². The molecule has 0 bridgehead atoms. The first-order valence-electron chi connectivity index (χ1n) is 5.79. The van der Waals surface area contributed by atoms with E-state index in [1.54, 1.807) is 0 Å². The summed E-state index contributed by atoms with van der Waals surface area (Å²) in [6.07, 6.45) is -2.94. The highest BCUT2D eigenvalue weighted by Crippen LogP contribution is 2.35. The SMILES string of the molecule is NC(=O)CCCCNc1ccc(N)c(C(F)(F)F)c1. The first kappa shape index (κ1) is 15.1. The zero-order chi connectivity index (χ0) is 14.5. The molecule has 7 heteroatoms. The largest absolute Gasteiger partial charge is 0.418 e. The van der Waals surface area contributed by atoms with Crippen LogP contribution in [-0.4, -0.2) is 12.5 Å². The average Bonchev–Trinajstić information content (AvgIpc) is 2.28. The molecule has 5 N–H and O–H groups in total. The van der Waals surface area contributed by atoms with Crippen molar-refractivity contribution in [2.75, 3.05) is 17.6 Å². The van der Waals surface area contributed by atoms with E-state index in [2.05, 4.69) is 5.32 Å². The summed E-state index contributed by atoms with van der Waals surface area (Å²) in [4.78, 5) is 10.5. The molecular formula is C12H16F3N3O. The molecule has 0 fully saturated rings. The summed E-state index contributed by atoms with van der Waals surface area (Å²) < 4.78 is 37.8. The predicted octanol–water partition coefficient (Wildman–Crippen LogP) is 2.36.